The second-order valence-corrected chi connectivity index (χ2v) is 5.44. The number of hydrogen-bond acceptors (Lipinski definition) is 3. The molecule has 0 aromatic heterocycles. The van der Waals surface area contributed by atoms with Crippen molar-refractivity contribution in [1.82, 2.24) is 10.2 Å². The van der Waals surface area contributed by atoms with Gasteiger partial charge in [-0.1, -0.05) is 17.7 Å². The number of likely N-dealkylation sites (tertiary alicyclic amines) is 1. The van der Waals surface area contributed by atoms with Crippen molar-refractivity contribution in [2.24, 2.45) is 0 Å². The number of aromatic hydroxyl groups is 1. The molecule has 1 aromatic carbocycles. The lowest BCUT2D eigenvalue weighted by atomic mass is 10.0. The van der Waals surface area contributed by atoms with Gasteiger partial charge in [-0.25, -0.2) is 0 Å². The number of hydrogen-bond donors (Lipinski definition) is 2. The number of amides is 1. The van der Waals surface area contributed by atoms with Gasteiger partial charge in [0.05, 0.1) is 5.02 Å². The van der Waals surface area contributed by atoms with E-state index in [-0.39, 0.29) is 11.7 Å². The van der Waals surface area contributed by atoms with Gasteiger partial charge >= 0.3 is 0 Å². The van der Waals surface area contributed by atoms with E-state index in [0.29, 0.717) is 11.1 Å². The number of nitrogens with zero attached hydrogens (tertiary/aromatic N) is 1. The van der Waals surface area contributed by atoms with Crippen LogP contribution in [-0.2, 0) is 11.3 Å². The van der Waals surface area contributed by atoms with Crippen LogP contribution in [0.4, 0.5) is 0 Å². The van der Waals surface area contributed by atoms with E-state index in [4.69, 9.17) is 11.6 Å². The van der Waals surface area contributed by atoms with Crippen molar-refractivity contribution >= 4 is 17.5 Å². The van der Waals surface area contributed by atoms with Gasteiger partial charge in [-0.05, 0) is 30.5 Å². The maximum atomic E-state index is 11.0. The molecule has 0 saturated carbocycles. The van der Waals surface area contributed by atoms with Crippen LogP contribution in [0.5, 0.6) is 5.75 Å². The third-order valence-electron chi connectivity index (χ3n) is 3.41. The quantitative estimate of drug-likeness (QED) is 0.893. The van der Waals surface area contributed by atoms with Gasteiger partial charge in [0.15, 0.2) is 0 Å². The molecule has 1 fully saturated rings. The molecule has 1 heterocycles. The lowest BCUT2D eigenvalue weighted by Crippen LogP contribution is -2.43. The van der Waals surface area contributed by atoms with E-state index in [2.05, 4.69) is 10.2 Å². The highest BCUT2D eigenvalue weighted by atomic mass is 35.5. The van der Waals surface area contributed by atoms with Crippen molar-refractivity contribution in [3.8, 4) is 5.75 Å². The predicted octanol–water partition coefficient (Wildman–Crippen LogP) is 2.15. The number of nitrogens with one attached hydrogen (secondary N) is 1. The van der Waals surface area contributed by atoms with E-state index >= 15 is 0 Å². The number of rotatable bonds is 3. The van der Waals surface area contributed by atoms with Crippen LogP contribution in [0.3, 0.4) is 0 Å². The zero-order chi connectivity index (χ0) is 13.8. The molecule has 19 heavy (non-hydrogen) atoms. The van der Waals surface area contributed by atoms with E-state index < -0.39 is 0 Å². The Hall–Kier alpha value is -1.26. The summed E-state index contributed by atoms with van der Waals surface area (Å²) in [6, 6.07) is 5.62. The van der Waals surface area contributed by atoms with Gasteiger partial charge in [-0.15, -0.1) is 0 Å². The third kappa shape index (κ3) is 4.11. The van der Waals surface area contributed by atoms with Gasteiger partial charge in [-0.2, -0.15) is 0 Å². The topological polar surface area (TPSA) is 52.6 Å². The molecule has 4 nitrogen and oxygen atoms in total. The number of carbonyl (C=O) groups is 1. The largest absolute Gasteiger partial charge is 0.506 e. The Morgan fingerprint density at radius 2 is 2.16 bits per heavy atom. The maximum Gasteiger partial charge on any atom is 0.217 e. The standard InChI is InChI=1S/C14H19ClN2O2/c1-10(18)16-12-4-6-17(7-5-12)9-11-2-3-14(19)13(15)8-11/h2-3,8,12,19H,4-7,9H2,1H3,(H,16,18). The van der Waals surface area contributed by atoms with Crippen molar-refractivity contribution in [3.05, 3.63) is 28.8 Å². The molecular formula is C14H19ClN2O2. The average Bonchev–Trinajstić information content (AvgIpc) is 2.36. The third-order valence-corrected chi connectivity index (χ3v) is 3.72. The van der Waals surface area contributed by atoms with Crippen LogP contribution in [0.25, 0.3) is 0 Å². The molecule has 0 bridgehead atoms. The monoisotopic (exact) mass is 282 g/mol. The molecule has 0 aliphatic carbocycles. The van der Waals surface area contributed by atoms with Crippen LogP contribution in [0, 0.1) is 0 Å². The molecule has 2 N–H and O–H groups in total. The molecule has 1 aliphatic rings. The minimum absolute atomic E-state index is 0.0452. The Morgan fingerprint density at radius 1 is 1.47 bits per heavy atom. The Bertz CT molecular complexity index is 457. The molecule has 0 spiro atoms. The summed E-state index contributed by atoms with van der Waals surface area (Å²) in [5.41, 5.74) is 1.10. The molecule has 104 valence electrons. The average molecular weight is 283 g/mol. The van der Waals surface area contributed by atoms with E-state index in [1.54, 1.807) is 19.1 Å². The summed E-state index contributed by atoms with van der Waals surface area (Å²) < 4.78 is 0. The first-order chi connectivity index (χ1) is 9.04. The summed E-state index contributed by atoms with van der Waals surface area (Å²) in [7, 11) is 0. The van der Waals surface area contributed by atoms with Crippen LogP contribution < -0.4 is 5.32 Å². The van der Waals surface area contributed by atoms with Crippen molar-refractivity contribution in [1.29, 1.82) is 0 Å². The molecule has 1 aromatic rings. The first-order valence-electron chi connectivity index (χ1n) is 6.51. The normalized spacial score (nSPS) is 17.4. The summed E-state index contributed by atoms with van der Waals surface area (Å²) >= 11 is 5.90. The smallest absolute Gasteiger partial charge is 0.217 e. The summed E-state index contributed by atoms with van der Waals surface area (Å²) in [6.07, 6.45) is 1.96. The number of phenols is 1. The molecule has 5 heteroatoms. The SMILES string of the molecule is CC(=O)NC1CCN(Cc2ccc(O)c(Cl)c2)CC1. The number of carbonyl (C=O) groups excluding carboxylic acids is 1. The minimum Gasteiger partial charge on any atom is -0.506 e. The van der Waals surface area contributed by atoms with Crippen LogP contribution in [0.1, 0.15) is 25.3 Å². The van der Waals surface area contributed by atoms with Crippen LogP contribution in [0.15, 0.2) is 18.2 Å². The lowest BCUT2D eigenvalue weighted by molar-refractivity contribution is -0.119. The van der Waals surface area contributed by atoms with Crippen LogP contribution >= 0.6 is 11.6 Å². The highest BCUT2D eigenvalue weighted by Gasteiger charge is 2.19. The fourth-order valence-corrected chi connectivity index (χ4v) is 2.63. The van der Waals surface area contributed by atoms with E-state index in [1.165, 1.54) is 0 Å². The summed E-state index contributed by atoms with van der Waals surface area (Å²) in [5.74, 6) is 0.165. The first kappa shape index (κ1) is 14.2. The number of halogens is 1. The molecule has 0 radical (unpaired) electrons. The van der Waals surface area contributed by atoms with Crippen molar-refractivity contribution in [3.63, 3.8) is 0 Å². The highest BCUT2D eigenvalue weighted by Crippen LogP contribution is 2.24. The highest BCUT2D eigenvalue weighted by molar-refractivity contribution is 6.32. The van der Waals surface area contributed by atoms with E-state index in [1.807, 2.05) is 6.07 Å². The molecule has 0 atom stereocenters. The number of benzene rings is 1. The second kappa shape index (κ2) is 6.26. The van der Waals surface area contributed by atoms with Crippen LogP contribution in [0.2, 0.25) is 5.02 Å². The zero-order valence-electron chi connectivity index (χ0n) is 11.0. The lowest BCUT2D eigenvalue weighted by Gasteiger charge is -2.32. The molecule has 2 rings (SSSR count). The van der Waals surface area contributed by atoms with Gasteiger partial charge < -0.3 is 10.4 Å². The summed E-state index contributed by atoms with van der Waals surface area (Å²) in [4.78, 5) is 13.3. The number of phenolic OH excluding ortho intramolecular Hbond substituents is 1. The molecule has 1 amide bonds. The van der Waals surface area contributed by atoms with Gasteiger partial charge in [0.1, 0.15) is 5.75 Å². The Kier molecular flexibility index (Phi) is 4.66. The fraction of sp³-hybridized carbons (Fsp3) is 0.500. The Morgan fingerprint density at radius 3 is 2.74 bits per heavy atom. The van der Waals surface area contributed by atoms with Crippen LogP contribution in [-0.4, -0.2) is 35.0 Å². The van der Waals surface area contributed by atoms with Gasteiger partial charge in [0, 0.05) is 32.6 Å². The van der Waals surface area contributed by atoms with Gasteiger partial charge in [0.25, 0.3) is 0 Å². The van der Waals surface area contributed by atoms with E-state index in [9.17, 15) is 9.90 Å². The Balaban J connectivity index is 1.85. The number of piperidine rings is 1. The fourth-order valence-electron chi connectivity index (χ4n) is 2.43. The summed E-state index contributed by atoms with van der Waals surface area (Å²) in [6.45, 7) is 4.31. The van der Waals surface area contributed by atoms with Gasteiger partial charge in [-0.3, -0.25) is 9.69 Å². The van der Waals surface area contributed by atoms with E-state index in [0.717, 1.165) is 38.0 Å². The van der Waals surface area contributed by atoms with Crippen molar-refractivity contribution < 1.29 is 9.90 Å². The summed E-state index contributed by atoms with van der Waals surface area (Å²) in [5, 5.41) is 12.7. The molecule has 1 saturated heterocycles. The second-order valence-electron chi connectivity index (χ2n) is 5.04. The molecular weight excluding hydrogens is 264 g/mol. The van der Waals surface area contributed by atoms with Gasteiger partial charge in [0.2, 0.25) is 5.91 Å². The van der Waals surface area contributed by atoms with Crippen molar-refractivity contribution in [2.45, 2.75) is 32.4 Å². The Labute approximate surface area is 118 Å². The predicted molar refractivity (Wildman–Crippen MR) is 75.2 cm³/mol. The molecule has 0 unspecified atom stereocenters. The minimum atomic E-state index is 0.0452. The zero-order valence-corrected chi connectivity index (χ0v) is 11.8. The first-order valence-corrected chi connectivity index (χ1v) is 6.89. The van der Waals surface area contributed by atoms with Crippen molar-refractivity contribution in [2.75, 3.05) is 13.1 Å². The molecule has 1 aliphatic heterocycles. The maximum absolute atomic E-state index is 11.0.